The van der Waals surface area contributed by atoms with Gasteiger partial charge < -0.3 is 29.4 Å². The maximum atomic E-state index is 5.73. The second kappa shape index (κ2) is 12.2. The number of guanidine groups is 1. The Labute approximate surface area is 175 Å². The van der Waals surface area contributed by atoms with Gasteiger partial charge in [0, 0.05) is 45.2 Å². The van der Waals surface area contributed by atoms with Crippen LogP contribution in [0.3, 0.4) is 0 Å². The lowest BCUT2D eigenvalue weighted by atomic mass is 10.1. The van der Waals surface area contributed by atoms with Crippen molar-refractivity contribution in [3.63, 3.8) is 0 Å². The minimum absolute atomic E-state index is 0.265. The van der Waals surface area contributed by atoms with E-state index in [-0.39, 0.29) is 6.10 Å². The number of likely N-dealkylation sites (tertiary alicyclic amines) is 1. The van der Waals surface area contributed by atoms with Gasteiger partial charge >= 0.3 is 0 Å². The maximum absolute atomic E-state index is 5.73. The van der Waals surface area contributed by atoms with Gasteiger partial charge in [0.25, 0.3) is 0 Å². The number of furan rings is 1. The fourth-order valence-electron chi connectivity index (χ4n) is 3.80. The van der Waals surface area contributed by atoms with Crippen LogP contribution in [0.4, 0.5) is 0 Å². The predicted octanol–water partition coefficient (Wildman–Crippen LogP) is 2.43. The number of hydrogen-bond donors (Lipinski definition) is 2. The zero-order valence-electron chi connectivity index (χ0n) is 18.1. The highest BCUT2D eigenvalue weighted by molar-refractivity contribution is 5.80. The molecule has 7 nitrogen and oxygen atoms in total. The minimum atomic E-state index is 0.265. The maximum Gasteiger partial charge on any atom is 0.191 e. The first kappa shape index (κ1) is 22.1. The largest absolute Gasteiger partial charge is 0.469 e. The number of aliphatic imine (C=N–C) groups is 1. The molecule has 1 atom stereocenters. The topological polar surface area (TPSA) is 71.3 Å². The molecular weight excluding hydrogens is 368 g/mol. The summed E-state index contributed by atoms with van der Waals surface area (Å²) in [6.45, 7) is 10.6. The Hall–Kier alpha value is -1.57. The SMILES string of the molecule is CC(C)OCCN1CCC(NC(=NCC2CCCO2)NCCc2ccco2)CC1. The molecular formula is C22H38N4O3. The average molecular weight is 407 g/mol. The van der Waals surface area contributed by atoms with Crippen LogP contribution in [0.2, 0.25) is 0 Å². The number of nitrogens with one attached hydrogen (secondary N) is 2. The van der Waals surface area contributed by atoms with Crippen molar-refractivity contribution in [1.29, 1.82) is 0 Å². The molecule has 29 heavy (non-hydrogen) atoms. The van der Waals surface area contributed by atoms with Crippen LogP contribution in [0.1, 0.15) is 45.3 Å². The summed E-state index contributed by atoms with van der Waals surface area (Å²) >= 11 is 0. The lowest BCUT2D eigenvalue weighted by Crippen LogP contribution is -2.49. The van der Waals surface area contributed by atoms with Gasteiger partial charge in [-0.3, -0.25) is 4.99 Å². The smallest absolute Gasteiger partial charge is 0.191 e. The summed E-state index contributed by atoms with van der Waals surface area (Å²) in [5.74, 6) is 1.89. The lowest BCUT2D eigenvalue weighted by Gasteiger charge is -2.33. The van der Waals surface area contributed by atoms with Crippen molar-refractivity contribution in [3.8, 4) is 0 Å². The van der Waals surface area contributed by atoms with Crippen LogP contribution in [-0.2, 0) is 15.9 Å². The van der Waals surface area contributed by atoms with Crippen LogP contribution in [0.25, 0.3) is 0 Å². The molecule has 2 fully saturated rings. The summed E-state index contributed by atoms with van der Waals surface area (Å²) in [5.41, 5.74) is 0. The van der Waals surface area contributed by atoms with E-state index in [1.807, 2.05) is 12.1 Å². The van der Waals surface area contributed by atoms with Gasteiger partial charge in [-0.2, -0.15) is 0 Å². The zero-order chi connectivity index (χ0) is 20.3. The normalized spacial score (nSPS) is 21.8. The van der Waals surface area contributed by atoms with Crippen LogP contribution < -0.4 is 10.6 Å². The Morgan fingerprint density at radius 1 is 1.31 bits per heavy atom. The molecule has 3 heterocycles. The van der Waals surface area contributed by atoms with E-state index in [1.165, 1.54) is 0 Å². The summed E-state index contributed by atoms with van der Waals surface area (Å²) in [6.07, 6.45) is 7.65. The van der Waals surface area contributed by atoms with Gasteiger partial charge in [0.15, 0.2) is 5.96 Å². The van der Waals surface area contributed by atoms with E-state index >= 15 is 0 Å². The fraction of sp³-hybridized carbons (Fsp3) is 0.773. The van der Waals surface area contributed by atoms with E-state index in [4.69, 9.17) is 18.9 Å². The molecule has 0 radical (unpaired) electrons. The molecule has 2 aliphatic rings. The summed E-state index contributed by atoms with van der Waals surface area (Å²) in [6, 6.07) is 4.40. The highest BCUT2D eigenvalue weighted by Gasteiger charge is 2.21. The van der Waals surface area contributed by atoms with Crippen molar-refractivity contribution in [1.82, 2.24) is 15.5 Å². The molecule has 0 saturated carbocycles. The molecule has 2 aliphatic heterocycles. The molecule has 0 aliphatic carbocycles. The van der Waals surface area contributed by atoms with Gasteiger partial charge in [-0.25, -0.2) is 0 Å². The van der Waals surface area contributed by atoms with Crippen LogP contribution in [0.15, 0.2) is 27.8 Å². The Bertz CT molecular complexity index is 577. The van der Waals surface area contributed by atoms with Crippen molar-refractivity contribution < 1.29 is 13.9 Å². The third kappa shape index (κ3) is 8.36. The molecule has 0 bridgehead atoms. The van der Waals surface area contributed by atoms with Crippen molar-refractivity contribution in [3.05, 3.63) is 24.2 Å². The van der Waals surface area contributed by atoms with E-state index in [9.17, 15) is 0 Å². The first-order valence-electron chi connectivity index (χ1n) is 11.2. The molecule has 164 valence electrons. The molecule has 0 aromatic carbocycles. The Kier molecular flexibility index (Phi) is 9.31. The van der Waals surface area contributed by atoms with E-state index in [1.54, 1.807) is 6.26 Å². The molecule has 1 aromatic rings. The predicted molar refractivity (Wildman–Crippen MR) is 115 cm³/mol. The summed E-state index contributed by atoms with van der Waals surface area (Å²) in [4.78, 5) is 7.31. The number of piperidine rings is 1. The van der Waals surface area contributed by atoms with Gasteiger partial charge in [-0.1, -0.05) is 0 Å². The first-order valence-corrected chi connectivity index (χ1v) is 11.2. The molecule has 2 N–H and O–H groups in total. The highest BCUT2D eigenvalue weighted by Crippen LogP contribution is 2.13. The van der Waals surface area contributed by atoms with E-state index in [0.29, 0.717) is 12.1 Å². The van der Waals surface area contributed by atoms with Crippen molar-refractivity contribution in [2.45, 2.75) is 64.2 Å². The van der Waals surface area contributed by atoms with E-state index in [0.717, 1.165) is 89.8 Å². The number of nitrogens with zero attached hydrogens (tertiary/aromatic N) is 2. The summed E-state index contributed by atoms with van der Waals surface area (Å²) < 4.78 is 16.8. The number of ether oxygens (including phenoxy) is 2. The van der Waals surface area contributed by atoms with Crippen LogP contribution in [0.5, 0.6) is 0 Å². The van der Waals surface area contributed by atoms with E-state index in [2.05, 4.69) is 29.4 Å². The van der Waals surface area contributed by atoms with Crippen molar-refractivity contribution >= 4 is 5.96 Å². The van der Waals surface area contributed by atoms with Gasteiger partial charge in [0.05, 0.1) is 31.6 Å². The molecule has 1 aromatic heterocycles. The molecule has 3 rings (SSSR count). The summed E-state index contributed by atoms with van der Waals surface area (Å²) in [7, 11) is 0. The minimum Gasteiger partial charge on any atom is -0.469 e. The number of hydrogen-bond acceptors (Lipinski definition) is 5. The lowest BCUT2D eigenvalue weighted by molar-refractivity contribution is 0.0532. The third-order valence-electron chi connectivity index (χ3n) is 5.51. The molecule has 2 saturated heterocycles. The van der Waals surface area contributed by atoms with Crippen LogP contribution >= 0.6 is 0 Å². The highest BCUT2D eigenvalue weighted by atomic mass is 16.5. The molecule has 7 heteroatoms. The third-order valence-corrected chi connectivity index (χ3v) is 5.51. The second-order valence-electron chi connectivity index (χ2n) is 8.26. The average Bonchev–Trinajstić information content (AvgIpc) is 3.41. The summed E-state index contributed by atoms with van der Waals surface area (Å²) in [5, 5.41) is 7.13. The molecule has 0 spiro atoms. The van der Waals surface area contributed by atoms with E-state index < -0.39 is 0 Å². The van der Waals surface area contributed by atoms with Gasteiger partial charge in [0.2, 0.25) is 0 Å². The van der Waals surface area contributed by atoms with Crippen LogP contribution in [-0.4, -0.2) is 75.0 Å². The Balaban J connectivity index is 1.42. The fourth-order valence-corrected chi connectivity index (χ4v) is 3.80. The monoisotopic (exact) mass is 406 g/mol. The van der Waals surface area contributed by atoms with Gasteiger partial charge in [0.1, 0.15) is 5.76 Å². The van der Waals surface area contributed by atoms with Crippen molar-refractivity contribution in [2.75, 3.05) is 45.9 Å². The number of rotatable bonds is 10. The Morgan fingerprint density at radius 3 is 2.86 bits per heavy atom. The standard InChI is InChI=1S/C22H38N4O3/c1-18(2)27-16-13-26-11-8-19(9-12-26)25-22(24-17-21-6-4-15-29-21)23-10-7-20-5-3-14-28-20/h3,5,14,18-19,21H,4,6-13,15-17H2,1-2H3,(H2,23,24,25). The molecule has 1 unspecified atom stereocenters. The van der Waals surface area contributed by atoms with Gasteiger partial charge in [-0.05, 0) is 51.7 Å². The van der Waals surface area contributed by atoms with Crippen LogP contribution in [0, 0.1) is 0 Å². The molecule has 0 amide bonds. The second-order valence-corrected chi connectivity index (χ2v) is 8.26. The van der Waals surface area contributed by atoms with Gasteiger partial charge in [-0.15, -0.1) is 0 Å². The quantitative estimate of drug-likeness (QED) is 0.459. The van der Waals surface area contributed by atoms with Crippen molar-refractivity contribution in [2.24, 2.45) is 4.99 Å². The zero-order valence-corrected chi connectivity index (χ0v) is 18.1. The Morgan fingerprint density at radius 2 is 2.17 bits per heavy atom. The first-order chi connectivity index (χ1) is 14.2.